The third-order valence-electron chi connectivity index (χ3n) is 4.22. The molecule has 116 valence electrons. The van der Waals surface area contributed by atoms with Gasteiger partial charge < -0.3 is 19.9 Å². The fourth-order valence-electron chi connectivity index (χ4n) is 2.80. The summed E-state index contributed by atoms with van der Waals surface area (Å²) in [5.74, 6) is 0.768. The van der Waals surface area contributed by atoms with Crippen molar-refractivity contribution in [3.05, 3.63) is 23.8 Å². The van der Waals surface area contributed by atoms with Crippen LogP contribution in [0.3, 0.4) is 0 Å². The quantitative estimate of drug-likeness (QED) is 0.815. The Labute approximate surface area is 125 Å². The number of methoxy groups -OCH3 is 2. The first-order valence-electron chi connectivity index (χ1n) is 7.23. The van der Waals surface area contributed by atoms with E-state index >= 15 is 0 Å². The van der Waals surface area contributed by atoms with Gasteiger partial charge in [-0.3, -0.25) is 0 Å². The number of nitrogens with two attached hydrogens (primary N) is 1. The zero-order valence-electron chi connectivity index (χ0n) is 12.7. The van der Waals surface area contributed by atoms with E-state index in [4.69, 9.17) is 19.9 Å². The standard InChI is InChI=1S/C16H23NO4/c1-19-13-6-5-12(15(18)20-2)9-14(13)21-11-16(10-17)7-3-4-8-16/h5-6,9H,3-4,7-8,10-11,17H2,1-2H3. The summed E-state index contributed by atoms with van der Waals surface area (Å²) in [6.45, 7) is 1.16. The van der Waals surface area contributed by atoms with Gasteiger partial charge in [0.1, 0.15) is 0 Å². The Morgan fingerprint density at radius 3 is 2.52 bits per heavy atom. The molecule has 1 aromatic carbocycles. The smallest absolute Gasteiger partial charge is 0.337 e. The molecule has 0 atom stereocenters. The molecule has 1 fully saturated rings. The van der Waals surface area contributed by atoms with Gasteiger partial charge in [0.15, 0.2) is 11.5 Å². The van der Waals surface area contributed by atoms with Crippen molar-refractivity contribution in [1.82, 2.24) is 0 Å². The highest BCUT2D eigenvalue weighted by molar-refractivity contribution is 5.90. The van der Waals surface area contributed by atoms with E-state index in [2.05, 4.69) is 0 Å². The fourth-order valence-corrected chi connectivity index (χ4v) is 2.80. The molecule has 0 heterocycles. The lowest BCUT2D eigenvalue weighted by atomic mass is 9.87. The molecule has 0 spiro atoms. The van der Waals surface area contributed by atoms with E-state index in [1.807, 2.05) is 0 Å². The van der Waals surface area contributed by atoms with Crippen LogP contribution in [0.4, 0.5) is 0 Å². The second-order valence-corrected chi connectivity index (χ2v) is 5.56. The molecule has 0 bridgehead atoms. The van der Waals surface area contributed by atoms with E-state index in [0.29, 0.717) is 30.2 Å². The van der Waals surface area contributed by atoms with Gasteiger partial charge in [-0.05, 0) is 31.0 Å². The van der Waals surface area contributed by atoms with Crippen molar-refractivity contribution >= 4 is 5.97 Å². The maximum atomic E-state index is 11.6. The van der Waals surface area contributed by atoms with Gasteiger partial charge in [-0.2, -0.15) is 0 Å². The molecular weight excluding hydrogens is 270 g/mol. The lowest BCUT2D eigenvalue weighted by Gasteiger charge is -2.27. The summed E-state index contributed by atoms with van der Waals surface area (Å²) in [5.41, 5.74) is 6.41. The largest absolute Gasteiger partial charge is 0.493 e. The Balaban J connectivity index is 2.15. The van der Waals surface area contributed by atoms with Crippen molar-refractivity contribution < 1.29 is 19.0 Å². The minimum atomic E-state index is -0.392. The van der Waals surface area contributed by atoms with E-state index in [9.17, 15) is 4.79 Å². The average Bonchev–Trinajstić information content (AvgIpc) is 3.01. The molecule has 0 aliphatic heterocycles. The molecule has 1 aromatic rings. The van der Waals surface area contributed by atoms with Crippen LogP contribution in [0.25, 0.3) is 0 Å². The second-order valence-electron chi connectivity index (χ2n) is 5.56. The zero-order chi connectivity index (χ0) is 15.3. The molecule has 5 heteroatoms. The highest BCUT2D eigenvalue weighted by atomic mass is 16.5. The first-order chi connectivity index (χ1) is 10.1. The van der Waals surface area contributed by atoms with Crippen molar-refractivity contribution in [2.75, 3.05) is 27.4 Å². The summed E-state index contributed by atoms with van der Waals surface area (Å²) in [6.07, 6.45) is 4.56. The van der Waals surface area contributed by atoms with Crippen LogP contribution in [0, 0.1) is 5.41 Å². The van der Waals surface area contributed by atoms with Gasteiger partial charge >= 0.3 is 5.97 Å². The first-order valence-corrected chi connectivity index (χ1v) is 7.23. The minimum Gasteiger partial charge on any atom is -0.493 e. The summed E-state index contributed by atoms with van der Waals surface area (Å²) < 4.78 is 15.9. The molecule has 2 rings (SSSR count). The van der Waals surface area contributed by atoms with Crippen molar-refractivity contribution in [3.8, 4) is 11.5 Å². The van der Waals surface area contributed by atoms with Crippen LogP contribution in [-0.2, 0) is 4.74 Å². The van der Waals surface area contributed by atoms with Crippen molar-refractivity contribution in [1.29, 1.82) is 0 Å². The van der Waals surface area contributed by atoms with Gasteiger partial charge in [-0.15, -0.1) is 0 Å². The van der Waals surface area contributed by atoms with Crippen LogP contribution in [0.5, 0.6) is 11.5 Å². The van der Waals surface area contributed by atoms with E-state index in [0.717, 1.165) is 12.8 Å². The minimum absolute atomic E-state index is 0.0479. The van der Waals surface area contributed by atoms with Crippen LogP contribution in [-0.4, -0.2) is 33.3 Å². The van der Waals surface area contributed by atoms with Crippen molar-refractivity contribution in [2.24, 2.45) is 11.1 Å². The highest BCUT2D eigenvalue weighted by Crippen LogP contribution is 2.38. The Bertz CT molecular complexity index is 495. The molecule has 0 saturated heterocycles. The van der Waals surface area contributed by atoms with Crippen molar-refractivity contribution in [2.45, 2.75) is 25.7 Å². The van der Waals surface area contributed by atoms with E-state index in [1.54, 1.807) is 25.3 Å². The SMILES string of the molecule is COC(=O)c1ccc(OC)c(OCC2(CN)CCCC2)c1. The summed E-state index contributed by atoms with van der Waals surface area (Å²) in [7, 11) is 2.93. The van der Waals surface area contributed by atoms with Crippen LogP contribution in [0.15, 0.2) is 18.2 Å². The number of hydrogen-bond acceptors (Lipinski definition) is 5. The van der Waals surface area contributed by atoms with E-state index < -0.39 is 5.97 Å². The second kappa shape index (κ2) is 6.80. The molecule has 0 aromatic heterocycles. The van der Waals surface area contributed by atoms with Gasteiger partial charge in [-0.1, -0.05) is 12.8 Å². The predicted molar refractivity (Wildman–Crippen MR) is 79.8 cm³/mol. The van der Waals surface area contributed by atoms with Gasteiger partial charge in [-0.25, -0.2) is 4.79 Å². The van der Waals surface area contributed by atoms with Crippen LogP contribution < -0.4 is 15.2 Å². The number of hydrogen-bond donors (Lipinski definition) is 1. The Hall–Kier alpha value is -1.75. The molecule has 1 aliphatic rings. The molecule has 0 amide bonds. The number of esters is 1. The maximum Gasteiger partial charge on any atom is 0.337 e. The number of rotatable bonds is 6. The monoisotopic (exact) mass is 293 g/mol. The van der Waals surface area contributed by atoms with Gasteiger partial charge in [0.2, 0.25) is 0 Å². The topological polar surface area (TPSA) is 70.8 Å². The molecule has 0 unspecified atom stereocenters. The Morgan fingerprint density at radius 1 is 1.24 bits per heavy atom. The molecule has 5 nitrogen and oxygen atoms in total. The van der Waals surface area contributed by atoms with Crippen LogP contribution in [0.2, 0.25) is 0 Å². The number of ether oxygens (including phenoxy) is 3. The number of carbonyl (C=O) groups excluding carboxylic acids is 1. The molecular formula is C16H23NO4. The summed E-state index contributed by atoms with van der Waals surface area (Å²) in [6, 6.07) is 5.03. The zero-order valence-corrected chi connectivity index (χ0v) is 12.7. The molecule has 0 radical (unpaired) electrons. The molecule has 21 heavy (non-hydrogen) atoms. The third kappa shape index (κ3) is 3.47. The molecule has 1 saturated carbocycles. The van der Waals surface area contributed by atoms with E-state index in [1.165, 1.54) is 20.0 Å². The summed E-state index contributed by atoms with van der Waals surface area (Å²) in [5, 5.41) is 0. The van der Waals surface area contributed by atoms with Gasteiger partial charge in [0, 0.05) is 12.0 Å². The highest BCUT2D eigenvalue weighted by Gasteiger charge is 2.33. The number of benzene rings is 1. The lowest BCUT2D eigenvalue weighted by Crippen LogP contribution is -2.33. The number of carbonyl (C=O) groups is 1. The average molecular weight is 293 g/mol. The predicted octanol–water partition coefficient (Wildman–Crippen LogP) is 2.38. The van der Waals surface area contributed by atoms with Crippen molar-refractivity contribution in [3.63, 3.8) is 0 Å². The molecule has 2 N–H and O–H groups in total. The molecule has 1 aliphatic carbocycles. The van der Waals surface area contributed by atoms with E-state index in [-0.39, 0.29) is 5.41 Å². The summed E-state index contributed by atoms with van der Waals surface area (Å²) in [4.78, 5) is 11.6. The fraction of sp³-hybridized carbons (Fsp3) is 0.562. The van der Waals surface area contributed by atoms with Gasteiger partial charge in [0.05, 0.1) is 26.4 Å². The normalized spacial score (nSPS) is 16.5. The Kier molecular flexibility index (Phi) is 5.07. The maximum absolute atomic E-state index is 11.6. The van der Waals surface area contributed by atoms with Crippen LogP contribution >= 0.6 is 0 Å². The lowest BCUT2D eigenvalue weighted by molar-refractivity contribution is 0.0600. The first kappa shape index (κ1) is 15.6. The van der Waals surface area contributed by atoms with Gasteiger partial charge in [0.25, 0.3) is 0 Å². The Morgan fingerprint density at radius 2 is 1.95 bits per heavy atom. The summed E-state index contributed by atoms with van der Waals surface area (Å²) >= 11 is 0. The third-order valence-corrected chi connectivity index (χ3v) is 4.22. The van der Waals surface area contributed by atoms with Crippen LogP contribution in [0.1, 0.15) is 36.0 Å².